The molecule has 0 atom stereocenters. The molecule has 0 saturated heterocycles. The van der Waals surface area contributed by atoms with E-state index in [0.717, 1.165) is 28.1 Å². The summed E-state index contributed by atoms with van der Waals surface area (Å²) < 4.78 is 11.4. The summed E-state index contributed by atoms with van der Waals surface area (Å²) in [5, 5.41) is 3.15. The Morgan fingerprint density at radius 3 is 2.58 bits per heavy atom. The molecule has 5 heteroatoms. The van der Waals surface area contributed by atoms with Gasteiger partial charge in [-0.15, -0.1) is 0 Å². The van der Waals surface area contributed by atoms with Crippen LogP contribution in [0.3, 0.4) is 0 Å². The molecule has 0 fully saturated rings. The summed E-state index contributed by atoms with van der Waals surface area (Å²) in [4.78, 5) is 8.62. The summed E-state index contributed by atoms with van der Waals surface area (Å²) in [6.45, 7) is 1.96. The number of benzene rings is 2. The second-order valence-corrected chi connectivity index (χ2v) is 5.36. The minimum atomic E-state index is 0.463. The van der Waals surface area contributed by atoms with Gasteiger partial charge in [-0.2, -0.15) is 4.98 Å². The normalized spacial score (nSPS) is 10.7. The first-order valence-electron chi connectivity index (χ1n) is 7.60. The van der Waals surface area contributed by atoms with E-state index in [4.69, 9.17) is 9.15 Å². The summed E-state index contributed by atoms with van der Waals surface area (Å²) in [5.41, 5.74) is 3.44. The van der Waals surface area contributed by atoms with Gasteiger partial charge in [-0.25, -0.2) is 4.98 Å². The van der Waals surface area contributed by atoms with Crippen LogP contribution in [0.2, 0.25) is 0 Å². The van der Waals surface area contributed by atoms with Gasteiger partial charge in [0.15, 0.2) is 5.58 Å². The Hall–Kier alpha value is -3.34. The van der Waals surface area contributed by atoms with E-state index in [2.05, 4.69) is 15.3 Å². The van der Waals surface area contributed by atoms with Gasteiger partial charge in [-0.3, -0.25) is 0 Å². The number of aromatic nitrogens is 2. The molecule has 5 nitrogen and oxygen atoms in total. The summed E-state index contributed by atoms with van der Waals surface area (Å²) in [7, 11) is 0. The fourth-order valence-corrected chi connectivity index (χ4v) is 2.35. The molecule has 4 aromatic rings. The highest BCUT2D eigenvalue weighted by Gasteiger charge is 2.06. The monoisotopic (exact) mass is 317 g/mol. The molecule has 4 rings (SSSR count). The minimum Gasteiger partial charge on any atom is -0.439 e. The van der Waals surface area contributed by atoms with E-state index in [9.17, 15) is 0 Å². The van der Waals surface area contributed by atoms with E-state index in [-0.39, 0.29) is 0 Å². The molecule has 1 N–H and O–H groups in total. The van der Waals surface area contributed by atoms with Crippen molar-refractivity contribution in [3.63, 3.8) is 0 Å². The fourth-order valence-electron chi connectivity index (χ4n) is 2.35. The van der Waals surface area contributed by atoms with E-state index in [1.807, 2.05) is 67.6 Å². The molecule has 0 bridgehead atoms. The summed E-state index contributed by atoms with van der Waals surface area (Å²) in [5.74, 6) is 1.33. The largest absolute Gasteiger partial charge is 0.439 e. The maximum Gasteiger partial charge on any atom is 0.300 e. The van der Waals surface area contributed by atoms with Crippen LogP contribution in [-0.4, -0.2) is 9.97 Å². The first kappa shape index (κ1) is 14.3. The van der Waals surface area contributed by atoms with Crippen molar-refractivity contribution in [3.05, 3.63) is 72.4 Å². The summed E-state index contributed by atoms with van der Waals surface area (Å²) in [6, 6.07) is 19.5. The molecule has 0 amide bonds. The van der Waals surface area contributed by atoms with Gasteiger partial charge in [0.2, 0.25) is 5.88 Å². The minimum absolute atomic E-state index is 0.463. The molecule has 2 heterocycles. The number of nitrogens with zero attached hydrogens (tertiary/aromatic N) is 2. The third-order valence-corrected chi connectivity index (χ3v) is 3.58. The van der Waals surface area contributed by atoms with Gasteiger partial charge in [0, 0.05) is 17.4 Å². The van der Waals surface area contributed by atoms with E-state index < -0.39 is 0 Å². The number of rotatable bonds is 4. The lowest BCUT2D eigenvalue weighted by Crippen LogP contribution is -1.92. The molecule has 2 aromatic heterocycles. The molecule has 0 aliphatic rings. The quantitative estimate of drug-likeness (QED) is 0.569. The van der Waals surface area contributed by atoms with Gasteiger partial charge in [-0.05, 0) is 49.4 Å². The Balaban J connectivity index is 1.50. The smallest absolute Gasteiger partial charge is 0.300 e. The molecule has 0 aliphatic heterocycles. The first-order valence-corrected chi connectivity index (χ1v) is 7.60. The number of para-hydroxylation sites is 2. The topological polar surface area (TPSA) is 60.2 Å². The van der Waals surface area contributed by atoms with Crippen LogP contribution in [0.1, 0.15) is 5.56 Å². The van der Waals surface area contributed by atoms with Crippen molar-refractivity contribution in [2.24, 2.45) is 0 Å². The highest BCUT2D eigenvalue weighted by atomic mass is 16.5. The SMILES string of the molecule is Cc1cccnc1Oc1ccc(Nc2nc3ccccc3o2)cc1. The highest BCUT2D eigenvalue weighted by molar-refractivity contribution is 5.75. The molecule has 0 radical (unpaired) electrons. The predicted molar refractivity (Wildman–Crippen MR) is 92.8 cm³/mol. The van der Waals surface area contributed by atoms with Crippen molar-refractivity contribution < 1.29 is 9.15 Å². The van der Waals surface area contributed by atoms with Crippen molar-refractivity contribution in [2.45, 2.75) is 6.92 Å². The third-order valence-electron chi connectivity index (χ3n) is 3.58. The first-order chi connectivity index (χ1) is 11.8. The van der Waals surface area contributed by atoms with Crippen LogP contribution in [-0.2, 0) is 0 Å². The number of anilines is 2. The Bertz CT molecular complexity index is 944. The highest BCUT2D eigenvalue weighted by Crippen LogP contribution is 2.26. The van der Waals surface area contributed by atoms with E-state index in [1.165, 1.54) is 0 Å². The Morgan fingerprint density at radius 1 is 0.958 bits per heavy atom. The molecule has 0 unspecified atom stereocenters. The van der Waals surface area contributed by atoms with Crippen molar-refractivity contribution in [1.29, 1.82) is 0 Å². The van der Waals surface area contributed by atoms with Gasteiger partial charge < -0.3 is 14.5 Å². The average molecular weight is 317 g/mol. The number of pyridine rings is 1. The predicted octanol–water partition coefficient (Wildman–Crippen LogP) is 5.07. The maximum atomic E-state index is 5.78. The van der Waals surface area contributed by atoms with E-state index >= 15 is 0 Å². The van der Waals surface area contributed by atoms with E-state index in [0.29, 0.717) is 11.9 Å². The Labute approximate surface area is 138 Å². The van der Waals surface area contributed by atoms with Gasteiger partial charge in [0.25, 0.3) is 6.01 Å². The molecular formula is C19H15N3O2. The zero-order valence-corrected chi connectivity index (χ0v) is 13.1. The number of nitrogens with one attached hydrogen (secondary N) is 1. The van der Waals surface area contributed by atoms with Gasteiger partial charge in [0.05, 0.1) is 0 Å². The fraction of sp³-hybridized carbons (Fsp3) is 0.0526. The standard InChI is InChI=1S/C19H15N3O2/c1-13-5-4-12-20-18(13)23-15-10-8-14(9-11-15)21-19-22-16-6-2-3-7-17(16)24-19/h2-12H,1H3,(H,21,22). The molecule has 0 saturated carbocycles. The number of aryl methyl sites for hydroxylation is 1. The zero-order chi connectivity index (χ0) is 16.4. The van der Waals surface area contributed by atoms with Crippen molar-refractivity contribution in [1.82, 2.24) is 9.97 Å². The van der Waals surface area contributed by atoms with Crippen molar-refractivity contribution in [2.75, 3.05) is 5.32 Å². The zero-order valence-electron chi connectivity index (χ0n) is 13.1. The number of oxazole rings is 1. The van der Waals surface area contributed by atoms with Crippen LogP contribution in [0.5, 0.6) is 11.6 Å². The number of hydrogen-bond acceptors (Lipinski definition) is 5. The Morgan fingerprint density at radius 2 is 1.79 bits per heavy atom. The van der Waals surface area contributed by atoms with Gasteiger partial charge >= 0.3 is 0 Å². The van der Waals surface area contributed by atoms with Crippen LogP contribution in [0.4, 0.5) is 11.7 Å². The lowest BCUT2D eigenvalue weighted by Gasteiger charge is -2.08. The van der Waals surface area contributed by atoms with Gasteiger partial charge in [0.1, 0.15) is 11.3 Å². The van der Waals surface area contributed by atoms with Crippen molar-refractivity contribution >= 4 is 22.8 Å². The van der Waals surface area contributed by atoms with Crippen molar-refractivity contribution in [3.8, 4) is 11.6 Å². The Kier molecular flexibility index (Phi) is 3.59. The third kappa shape index (κ3) is 2.92. The molecule has 0 aliphatic carbocycles. The van der Waals surface area contributed by atoms with Crippen LogP contribution < -0.4 is 10.1 Å². The van der Waals surface area contributed by atoms with Crippen LogP contribution in [0.25, 0.3) is 11.1 Å². The second kappa shape index (κ2) is 6.04. The average Bonchev–Trinajstić information content (AvgIpc) is 3.01. The molecular weight excluding hydrogens is 302 g/mol. The molecule has 24 heavy (non-hydrogen) atoms. The molecule has 2 aromatic carbocycles. The van der Waals surface area contributed by atoms with Crippen LogP contribution in [0, 0.1) is 6.92 Å². The summed E-state index contributed by atoms with van der Waals surface area (Å²) >= 11 is 0. The summed E-state index contributed by atoms with van der Waals surface area (Å²) in [6.07, 6.45) is 1.71. The second-order valence-electron chi connectivity index (χ2n) is 5.36. The molecule has 0 spiro atoms. The molecule has 118 valence electrons. The lowest BCUT2D eigenvalue weighted by molar-refractivity contribution is 0.459. The number of hydrogen-bond donors (Lipinski definition) is 1. The number of ether oxygens (including phenoxy) is 1. The van der Waals surface area contributed by atoms with Crippen LogP contribution >= 0.6 is 0 Å². The lowest BCUT2D eigenvalue weighted by atomic mass is 10.3. The van der Waals surface area contributed by atoms with E-state index in [1.54, 1.807) is 6.20 Å². The van der Waals surface area contributed by atoms with Gasteiger partial charge in [-0.1, -0.05) is 18.2 Å². The van der Waals surface area contributed by atoms with Crippen LogP contribution in [0.15, 0.2) is 71.3 Å². The number of fused-ring (bicyclic) bond motifs is 1. The maximum absolute atomic E-state index is 5.78.